The third-order valence-corrected chi connectivity index (χ3v) is 3.50. The summed E-state index contributed by atoms with van der Waals surface area (Å²) in [6, 6.07) is 12.4. The molecule has 3 rings (SSSR count). The summed E-state index contributed by atoms with van der Waals surface area (Å²) in [5.41, 5.74) is 2.19. The summed E-state index contributed by atoms with van der Waals surface area (Å²) >= 11 is 0. The third-order valence-electron chi connectivity index (χ3n) is 3.50. The van der Waals surface area contributed by atoms with E-state index in [0.29, 0.717) is 27.8 Å². The van der Waals surface area contributed by atoms with Gasteiger partial charge < -0.3 is 14.3 Å². The minimum absolute atomic E-state index is 0.125. The van der Waals surface area contributed by atoms with Crippen LogP contribution in [0.1, 0.15) is 5.56 Å². The van der Waals surface area contributed by atoms with E-state index in [1.807, 2.05) is 30.3 Å². The van der Waals surface area contributed by atoms with Gasteiger partial charge in [-0.25, -0.2) is 4.79 Å². The number of aryl methyl sites for hydroxylation is 1. The van der Waals surface area contributed by atoms with Crippen molar-refractivity contribution in [3.63, 3.8) is 0 Å². The second kappa shape index (κ2) is 5.96. The van der Waals surface area contributed by atoms with Crippen LogP contribution in [0.15, 0.2) is 57.9 Å². The SMILES string of the molecule is Cc1cc(OCC(=O)O)cc2occ(-c3ccccc3)c(=O)c12. The van der Waals surface area contributed by atoms with Gasteiger partial charge in [-0.3, -0.25) is 4.79 Å². The minimum atomic E-state index is -1.07. The van der Waals surface area contributed by atoms with Crippen molar-refractivity contribution >= 4 is 16.9 Å². The molecule has 0 aliphatic heterocycles. The molecule has 3 aromatic rings. The normalized spacial score (nSPS) is 10.7. The summed E-state index contributed by atoms with van der Waals surface area (Å²) in [6.45, 7) is 1.32. The van der Waals surface area contributed by atoms with E-state index in [4.69, 9.17) is 14.3 Å². The first kappa shape index (κ1) is 14.8. The van der Waals surface area contributed by atoms with Crippen LogP contribution in [0.5, 0.6) is 5.75 Å². The van der Waals surface area contributed by atoms with Gasteiger partial charge >= 0.3 is 5.97 Å². The highest BCUT2D eigenvalue weighted by Gasteiger charge is 2.13. The molecule has 0 fully saturated rings. The van der Waals surface area contributed by atoms with Crippen LogP contribution in [0.4, 0.5) is 0 Å². The Bertz CT molecular complexity index is 925. The maximum Gasteiger partial charge on any atom is 0.341 e. The Morgan fingerprint density at radius 1 is 1.22 bits per heavy atom. The highest BCUT2D eigenvalue weighted by molar-refractivity contribution is 5.85. The zero-order chi connectivity index (χ0) is 16.4. The smallest absolute Gasteiger partial charge is 0.341 e. The van der Waals surface area contributed by atoms with Crippen molar-refractivity contribution in [1.82, 2.24) is 0 Å². The van der Waals surface area contributed by atoms with Gasteiger partial charge in [0, 0.05) is 6.07 Å². The quantitative estimate of drug-likeness (QED) is 0.800. The lowest BCUT2D eigenvalue weighted by Gasteiger charge is -2.08. The molecule has 0 saturated heterocycles. The van der Waals surface area contributed by atoms with Gasteiger partial charge in [0.05, 0.1) is 10.9 Å². The molecule has 0 amide bonds. The Balaban J connectivity index is 2.12. The van der Waals surface area contributed by atoms with E-state index in [9.17, 15) is 9.59 Å². The van der Waals surface area contributed by atoms with E-state index in [0.717, 1.165) is 5.56 Å². The topological polar surface area (TPSA) is 76.7 Å². The number of carboxylic acids is 1. The molecule has 23 heavy (non-hydrogen) atoms. The molecule has 0 saturated carbocycles. The number of aliphatic carboxylic acids is 1. The highest BCUT2D eigenvalue weighted by atomic mass is 16.5. The van der Waals surface area contributed by atoms with Crippen LogP contribution in [-0.4, -0.2) is 17.7 Å². The van der Waals surface area contributed by atoms with Crippen LogP contribution in [0.25, 0.3) is 22.1 Å². The lowest BCUT2D eigenvalue weighted by atomic mass is 10.0. The van der Waals surface area contributed by atoms with Crippen molar-refractivity contribution in [3.8, 4) is 16.9 Å². The summed E-state index contributed by atoms with van der Waals surface area (Å²) in [7, 11) is 0. The molecule has 116 valence electrons. The van der Waals surface area contributed by atoms with Gasteiger partial charge in [-0.15, -0.1) is 0 Å². The van der Waals surface area contributed by atoms with Gasteiger partial charge in [0.2, 0.25) is 5.43 Å². The molecule has 0 spiro atoms. The molecule has 1 aromatic heterocycles. The van der Waals surface area contributed by atoms with E-state index < -0.39 is 12.6 Å². The molecule has 1 N–H and O–H groups in total. The van der Waals surface area contributed by atoms with Crippen LogP contribution in [0, 0.1) is 6.92 Å². The van der Waals surface area contributed by atoms with E-state index in [2.05, 4.69) is 0 Å². The predicted octanol–water partition coefficient (Wildman–Crippen LogP) is 3.23. The minimum Gasteiger partial charge on any atom is -0.482 e. The van der Waals surface area contributed by atoms with Crippen molar-refractivity contribution in [2.45, 2.75) is 6.92 Å². The fourth-order valence-corrected chi connectivity index (χ4v) is 2.46. The molecule has 5 nitrogen and oxygen atoms in total. The maximum atomic E-state index is 12.7. The number of rotatable bonds is 4. The molecule has 0 radical (unpaired) electrons. The van der Waals surface area contributed by atoms with Gasteiger partial charge in [-0.05, 0) is 24.1 Å². The Labute approximate surface area is 131 Å². The number of fused-ring (bicyclic) bond motifs is 1. The molecule has 0 bridgehead atoms. The van der Waals surface area contributed by atoms with Crippen molar-refractivity contribution in [2.24, 2.45) is 0 Å². The maximum absolute atomic E-state index is 12.7. The zero-order valence-electron chi connectivity index (χ0n) is 12.4. The van der Waals surface area contributed by atoms with Crippen LogP contribution < -0.4 is 10.2 Å². The van der Waals surface area contributed by atoms with Gasteiger partial charge in [-0.1, -0.05) is 30.3 Å². The molecule has 0 aliphatic carbocycles. The Kier molecular flexibility index (Phi) is 3.85. The first-order chi connectivity index (χ1) is 11.1. The average molecular weight is 310 g/mol. The monoisotopic (exact) mass is 310 g/mol. The number of ether oxygens (including phenoxy) is 1. The average Bonchev–Trinajstić information content (AvgIpc) is 2.53. The van der Waals surface area contributed by atoms with Crippen molar-refractivity contribution in [3.05, 3.63) is 64.5 Å². The fraction of sp³-hybridized carbons (Fsp3) is 0.111. The van der Waals surface area contributed by atoms with Crippen molar-refractivity contribution in [2.75, 3.05) is 6.61 Å². The molecule has 0 aliphatic rings. The fourth-order valence-electron chi connectivity index (χ4n) is 2.46. The van der Waals surface area contributed by atoms with Crippen LogP contribution in [0.2, 0.25) is 0 Å². The predicted molar refractivity (Wildman–Crippen MR) is 85.8 cm³/mol. The lowest BCUT2D eigenvalue weighted by molar-refractivity contribution is -0.139. The number of benzene rings is 2. The van der Waals surface area contributed by atoms with E-state index >= 15 is 0 Å². The molecular formula is C18H14O5. The van der Waals surface area contributed by atoms with E-state index in [-0.39, 0.29) is 5.43 Å². The molecule has 2 aromatic carbocycles. The van der Waals surface area contributed by atoms with Crippen molar-refractivity contribution < 1.29 is 19.1 Å². The number of hydrogen-bond acceptors (Lipinski definition) is 4. The molecular weight excluding hydrogens is 296 g/mol. The molecule has 0 atom stereocenters. The largest absolute Gasteiger partial charge is 0.482 e. The first-order valence-electron chi connectivity index (χ1n) is 7.02. The summed E-state index contributed by atoms with van der Waals surface area (Å²) in [5.74, 6) is -0.711. The second-order valence-corrected chi connectivity index (χ2v) is 5.14. The highest BCUT2D eigenvalue weighted by Crippen LogP contribution is 2.26. The number of hydrogen-bond donors (Lipinski definition) is 1. The summed E-state index contributed by atoms with van der Waals surface area (Å²) < 4.78 is 10.7. The van der Waals surface area contributed by atoms with Gasteiger partial charge in [0.1, 0.15) is 17.6 Å². The van der Waals surface area contributed by atoms with Gasteiger partial charge in [-0.2, -0.15) is 0 Å². The molecule has 1 heterocycles. The Hall–Kier alpha value is -3.08. The van der Waals surface area contributed by atoms with Gasteiger partial charge in [0.15, 0.2) is 6.61 Å². The van der Waals surface area contributed by atoms with Crippen LogP contribution in [0.3, 0.4) is 0 Å². The third kappa shape index (κ3) is 2.94. The molecule has 5 heteroatoms. The summed E-state index contributed by atoms with van der Waals surface area (Å²) in [6.07, 6.45) is 1.42. The molecule has 0 unspecified atom stereocenters. The Morgan fingerprint density at radius 2 is 1.96 bits per heavy atom. The van der Waals surface area contributed by atoms with E-state index in [1.165, 1.54) is 12.3 Å². The standard InChI is InChI=1S/C18H14O5/c1-11-7-13(22-10-16(19)20)8-15-17(11)18(21)14(9-23-15)12-5-3-2-4-6-12/h2-9H,10H2,1H3,(H,19,20). The van der Waals surface area contributed by atoms with Crippen LogP contribution >= 0.6 is 0 Å². The number of carbonyl (C=O) groups is 1. The van der Waals surface area contributed by atoms with Crippen LogP contribution in [-0.2, 0) is 4.79 Å². The lowest BCUT2D eigenvalue weighted by Crippen LogP contribution is -2.10. The van der Waals surface area contributed by atoms with E-state index in [1.54, 1.807) is 13.0 Å². The summed E-state index contributed by atoms with van der Waals surface area (Å²) in [5, 5.41) is 9.13. The number of carboxylic acid groups (broad SMARTS) is 1. The van der Waals surface area contributed by atoms with Crippen molar-refractivity contribution in [1.29, 1.82) is 0 Å². The second-order valence-electron chi connectivity index (χ2n) is 5.14. The van der Waals surface area contributed by atoms with Gasteiger partial charge in [0.25, 0.3) is 0 Å². The Morgan fingerprint density at radius 3 is 2.65 bits per heavy atom. The zero-order valence-corrected chi connectivity index (χ0v) is 12.4. The summed E-state index contributed by atoms with van der Waals surface area (Å²) in [4.78, 5) is 23.3. The first-order valence-corrected chi connectivity index (χ1v) is 7.02.